The van der Waals surface area contributed by atoms with Gasteiger partial charge in [0.1, 0.15) is 0 Å². The van der Waals surface area contributed by atoms with Crippen LogP contribution in [0.4, 0.5) is 0 Å². The molecule has 16 heavy (non-hydrogen) atoms. The Morgan fingerprint density at radius 3 is 1.44 bits per heavy atom. The summed E-state index contributed by atoms with van der Waals surface area (Å²) in [6, 6.07) is 0. The minimum atomic E-state index is 0.903. The molecule has 0 heterocycles. The molecule has 1 fully saturated rings. The molecule has 0 spiro atoms. The molecule has 0 aromatic carbocycles. The minimum absolute atomic E-state index is 0.903. The summed E-state index contributed by atoms with van der Waals surface area (Å²) >= 11 is 0. The van der Waals surface area contributed by atoms with Crippen LogP contribution in [0.3, 0.4) is 0 Å². The van der Waals surface area contributed by atoms with E-state index in [0.29, 0.717) is 0 Å². The highest BCUT2D eigenvalue weighted by Gasteiger charge is 2.09. The van der Waals surface area contributed by atoms with Crippen LogP contribution < -0.4 is 0 Å². The Hall–Kier alpha value is 0. The van der Waals surface area contributed by atoms with Gasteiger partial charge in [-0.2, -0.15) is 0 Å². The van der Waals surface area contributed by atoms with Crippen molar-refractivity contribution in [3.05, 3.63) is 0 Å². The van der Waals surface area contributed by atoms with Gasteiger partial charge in [0.2, 0.25) is 0 Å². The van der Waals surface area contributed by atoms with Gasteiger partial charge in [-0.05, 0) is 11.8 Å². The highest BCUT2D eigenvalue weighted by molar-refractivity contribution is 4.62. The Labute approximate surface area is 106 Å². The van der Waals surface area contributed by atoms with Crippen molar-refractivity contribution in [3.8, 4) is 0 Å². The zero-order chi connectivity index (χ0) is 13.4. The predicted octanol–water partition coefficient (Wildman–Crippen LogP) is 6.69. The van der Waals surface area contributed by atoms with Crippen LogP contribution >= 0.6 is 0 Å². The summed E-state index contributed by atoms with van der Waals surface area (Å²) < 4.78 is 0. The van der Waals surface area contributed by atoms with Gasteiger partial charge in [-0.15, -0.1) is 0 Å². The highest BCUT2D eigenvalue weighted by atomic mass is 14.1. The summed E-state index contributed by atoms with van der Waals surface area (Å²) in [6.45, 7) is 17.1. The zero-order valence-electron chi connectivity index (χ0n) is 13.4. The van der Waals surface area contributed by atoms with Crippen LogP contribution in [0.5, 0.6) is 0 Å². The second-order valence-electron chi connectivity index (χ2n) is 4.57. The molecule has 0 aromatic rings. The van der Waals surface area contributed by atoms with Gasteiger partial charge >= 0.3 is 0 Å². The normalized spacial score (nSPS) is 13.3. The third-order valence-electron chi connectivity index (χ3n) is 2.53. The molecular weight excluding hydrogens is 192 g/mol. The topological polar surface area (TPSA) is 0 Å². The lowest BCUT2D eigenvalue weighted by atomic mass is 9.88. The number of hydrogen-bond donors (Lipinski definition) is 0. The Morgan fingerprint density at radius 1 is 1.00 bits per heavy atom. The molecule has 0 saturated heterocycles. The minimum Gasteiger partial charge on any atom is -0.0683 e. The van der Waals surface area contributed by atoms with Crippen molar-refractivity contribution in [1.82, 2.24) is 0 Å². The van der Waals surface area contributed by atoms with Crippen LogP contribution in [0.25, 0.3) is 0 Å². The molecule has 0 atom stereocenters. The maximum atomic E-state index is 2.31. The van der Waals surface area contributed by atoms with Crippen LogP contribution in [0.2, 0.25) is 0 Å². The second-order valence-corrected chi connectivity index (χ2v) is 4.57. The van der Waals surface area contributed by atoms with E-state index in [-0.39, 0.29) is 0 Å². The van der Waals surface area contributed by atoms with E-state index in [1.165, 1.54) is 38.5 Å². The summed E-state index contributed by atoms with van der Waals surface area (Å²) in [4.78, 5) is 0. The predicted molar refractivity (Wildman–Crippen MR) is 80.1 cm³/mol. The lowest BCUT2D eigenvalue weighted by Crippen LogP contribution is -2.04. The van der Waals surface area contributed by atoms with E-state index in [1.807, 2.05) is 27.7 Å². The van der Waals surface area contributed by atoms with Crippen LogP contribution in [0.1, 0.15) is 93.9 Å². The molecule has 0 nitrogen and oxygen atoms in total. The quantitative estimate of drug-likeness (QED) is 0.506. The van der Waals surface area contributed by atoms with Crippen LogP contribution in [0.15, 0.2) is 0 Å². The van der Waals surface area contributed by atoms with E-state index in [4.69, 9.17) is 0 Å². The zero-order valence-corrected chi connectivity index (χ0v) is 13.4. The van der Waals surface area contributed by atoms with E-state index in [9.17, 15) is 0 Å². The Bertz CT molecular complexity index is 80.0. The van der Waals surface area contributed by atoms with E-state index in [1.54, 1.807) is 0 Å². The summed E-state index contributed by atoms with van der Waals surface area (Å²) in [6.07, 6.45) is 8.60. The average Bonchev–Trinajstić information content (AvgIpc) is 2.30. The molecule has 0 radical (unpaired) electrons. The fourth-order valence-electron chi connectivity index (χ4n) is 1.22. The molecule has 0 amide bonds. The monoisotopic (exact) mass is 230 g/mol. The SMILES string of the molecule is CC.CC.CC1CCC1.CCCCC(C)C. The third-order valence-corrected chi connectivity index (χ3v) is 2.53. The molecule has 0 unspecified atom stereocenters. The van der Waals surface area contributed by atoms with Gasteiger partial charge in [-0.3, -0.25) is 0 Å². The van der Waals surface area contributed by atoms with Crippen molar-refractivity contribution < 1.29 is 0 Å². The van der Waals surface area contributed by atoms with Gasteiger partial charge in [0.25, 0.3) is 0 Å². The summed E-state index contributed by atoms with van der Waals surface area (Å²) in [5, 5.41) is 0. The van der Waals surface area contributed by atoms with Gasteiger partial charge in [0.05, 0.1) is 0 Å². The number of rotatable bonds is 3. The summed E-state index contributed by atoms with van der Waals surface area (Å²) in [7, 11) is 0. The van der Waals surface area contributed by atoms with Crippen LogP contribution in [0, 0.1) is 11.8 Å². The molecule has 0 heteroatoms. The molecule has 1 saturated carbocycles. The second kappa shape index (κ2) is 20.4. The maximum Gasteiger partial charge on any atom is -0.0443 e. The lowest BCUT2D eigenvalue weighted by molar-refractivity contribution is 0.346. The molecule has 0 N–H and O–H groups in total. The van der Waals surface area contributed by atoms with Gasteiger partial charge in [-0.1, -0.05) is 93.9 Å². The third kappa shape index (κ3) is 23.7. The summed E-state index contributed by atoms with van der Waals surface area (Å²) in [5.41, 5.74) is 0. The first-order valence-corrected chi connectivity index (χ1v) is 7.66. The van der Waals surface area contributed by atoms with Crippen molar-refractivity contribution in [1.29, 1.82) is 0 Å². The first-order valence-electron chi connectivity index (χ1n) is 7.66. The number of unbranched alkanes of at least 4 members (excludes halogenated alkanes) is 1. The first-order chi connectivity index (χ1) is 7.66. The van der Waals surface area contributed by atoms with Crippen molar-refractivity contribution in [3.63, 3.8) is 0 Å². The van der Waals surface area contributed by atoms with Crippen molar-refractivity contribution in [2.45, 2.75) is 93.9 Å². The molecule has 0 bridgehead atoms. The van der Waals surface area contributed by atoms with Gasteiger partial charge < -0.3 is 0 Å². The lowest BCUT2D eigenvalue weighted by Gasteiger charge is -2.18. The number of hydrogen-bond acceptors (Lipinski definition) is 0. The summed E-state index contributed by atoms with van der Waals surface area (Å²) in [5.74, 6) is 1.97. The smallest absolute Gasteiger partial charge is 0.0443 e. The Morgan fingerprint density at radius 2 is 1.38 bits per heavy atom. The fourth-order valence-corrected chi connectivity index (χ4v) is 1.22. The van der Waals surface area contributed by atoms with E-state index >= 15 is 0 Å². The van der Waals surface area contributed by atoms with E-state index in [0.717, 1.165) is 11.8 Å². The van der Waals surface area contributed by atoms with Gasteiger partial charge in [0, 0.05) is 0 Å². The standard InChI is InChI=1S/C7H16.C5H10.2C2H6/c1-4-5-6-7(2)3;1-5-3-2-4-5;2*1-2/h7H,4-6H2,1-3H3;5H,2-4H2,1H3;2*1-2H3. The van der Waals surface area contributed by atoms with Gasteiger partial charge in [-0.25, -0.2) is 0 Å². The maximum absolute atomic E-state index is 2.31. The molecule has 1 aliphatic rings. The Balaban J connectivity index is -0.000000164. The molecule has 102 valence electrons. The molecule has 0 aromatic heterocycles. The Kier molecular flexibility index (Phi) is 27.2. The molecule has 1 rings (SSSR count). The van der Waals surface area contributed by atoms with Crippen molar-refractivity contribution >= 4 is 0 Å². The molecule has 1 aliphatic carbocycles. The van der Waals surface area contributed by atoms with Crippen LogP contribution in [-0.2, 0) is 0 Å². The van der Waals surface area contributed by atoms with Crippen molar-refractivity contribution in [2.24, 2.45) is 11.8 Å². The van der Waals surface area contributed by atoms with Crippen LogP contribution in [-0.4, -0.2) is 0 Å². The first kappa shape index (κ1) is 21.3. The molecular formula is C16H38. The average molecular weight is 230 g/mol. The van der Waals surface area contributed by atoms with Crippen molar-refractivity contribution in [2.75, 3.05) is 0 Å². The highest BCUT2D eigenvalue weighted by Crippen LogP contribution is 2.24. The molecule has 0 aliphatic heterocycles. The fraction of sp³-hybridized carbons (Fsp3) is 1.00. The van der Waals surface area contributed by atoms with Gasteiger partial charge in [0.15, 0.2) is 0 Å². The van der Waals surface area contributed by atoms with E-state index < -0.39 is 0 Å². The largest absolute Gasteiger partial charge is 0.0683 e. The van der Waals surface area contributed by atoms with E-state index in [2.05, 4.69) is 27.7 Å².